The van der Waals surface area contributed by atoms with Crippen LogP contribution in [0, 0.1) is 5.82 Å². The minimum Gasteiger partial charge on any atom is -0.394 e. The highest BCUT2D eigenvalue weighted by Gasteiger charge is 2.16. The van der Waals surface area contributed by atoms with Gasteiger partial charge in [0.2, 0.25) is 11.7 Å². The molecule has 90 valence electrons. The molecule has 0 aliphatic heterocycles. The van der Waals surface area contributed by atoms with Crippen molar-refractivity contribution in [1.29, 1.82) is 0 Å². The van der Waals surface area contributed by atoms with E-state index in [1.807, 2.05) is 0 Å². The Morgan fingerprint density at radius 1 is 1.53 bits per heavy atom. The molecule has 0 fully saturated rings. The third kappa shape index (κ3) is 2.44. The van der Waals surface area contributed by atoms with Crippen molar-refractivity contribution in [3.8, 4) is 11.4 Å². The van der Waals surface area contributed by atoms with Crippen LogP contribution in [-0.4, -0.2) is 21.9 Å². The van der Waals surface area contributed by atoms with Gasteiger partial charge < -0.3 is 15.4 Å². The monoisotopic (exact) mass is 257 g/mol. The van der Waals surface area contributed by atoms with E-state index in [1.165, 1.54) is 12.1 Å². The molecule has 17 heavy (non-hydrogen) atoms. The van der Waals surface area contributed by atoms with Crippen molar-refractivity contribution in [2.24, 2.45) is 5.73 Å². The fraction of sp³-hybridized carbons (Fsp3) is 0.200. The first-order valence-corrected chi connectivity index (χ1v) is 5.15. The zero-order valence-corrected chi connectivity index (χ0v) is 9.36. The molecule has 0 saturated heterocycles. The number of benzene rings is 1. The molecule has 0 radical (unpaired) electrons. The van der Waals surface area contributed by atoms with Gasteiger partial charge in [-0.25, -0.2) is 4.39 Å². The summed E-state index contributed by atoms with van der Waals surface area (Å²) in [6.45, 7) is -0.307. The lowest BCUT2D eigenvalue weighted by Gasteiger charge is -1.99. The molecule has 0 amide bonds. The molecule has 0 spiro atoms. The second kappa shape index (κ2) is 4.79. The van der Waals surface area contributed by atoms with E-state index in [9.17, 15) is 4.39 Å². The molecule has 0 unspecified atom stereocenters. The van der Waals surface area contributed by atoms with E-state index < -0.39 is 11.9 Å². The third-order valence-electron chi connectivity index (χ3n) is 2.13. The van der Waals surface area contributed by atoms with E-state index in [2.05, 4.69) is 10.1 Å². The van der Waals surface area contributed by atoms with Gasteiger partial charge >= 0.3 is 0 Å². The molecule has 2 aromatic rings. The maximum atomic E-state index is 12.8. The molecule has 5 nitrogen and oxygen atoms in total. The van der Waals surface area contributed by atoms with E-state index in [0.717, 1.165) is 6.07 Å². The SMILES string of the molecule is N[C@@H](CO)c1nc(-c2ccc(F)cc2Cl)no1. The lowest BCUT2D eigenvalue weighted by atomic mass is 10.2. The van der Waals surface area contributed by atoms with Gasteiger partial charge in [0.25, 0.3) is 0 Å². The van der Waals surface area contributed by atoms with Crippen molar-refractivity contribution in [2.45, 2.75) is 6.04 Å². The van der Waals surface area contributed by atoms with E-state index >= 15 is 0 Å². The van der Waals surface area contributed by atoms with Crippen LogP contribution in [0.25, 0.3) is 11.4 Å². The third-order valence-corrected chi connectivity index (χ3v) is 2.44. The Hall–Kier alpha value is -1.50. The summed E-state index contributed by atoms with van der Waals surface area (Å²) < 4.78 is 17.7. The Balaban J connectivity index is 2.37. The second-order valence-corrected chi connectivity index (χ2v) is 3.78. The maximum absolute atomic E-state index is 12.8. The molecular formula is C10H9ClFN3O2. The molecule has 1 heterocycles. The van der Waals surface area contributed by atoms with E-state index in [0.29, 0.717) is 5.56 Å². The number of nitrogens with zero attached hydrogens (tertiary/aromatic N) is 2. The first-order chi connectivity index (χ1) is 8.11. The number of aromatic nitrogens is 2. The fourth-order valence-electron chi connectivity index (χ4n) is 1.24. The molecule has 1 aromatic carbocycles. The lowest BCUT2D eigenvalue weighted by Crippen LogP contribution is -2.14. The van der Waals surface area contributed by atoms with E-state index in [1.54, 1.807) is 0 Å². The molecule has 0 bridgehead atoms. The zero-order valence-electron chi connectivity index (χ0n) is 8.60. The average molecular weight is 258 g/mol. The number of halogens is 2. The first kappa shape index (κ1) is 12.0. The predicted octanol–water partition coefficient (Wildman–Crippen LogP) is 1.52. The number of hydrogen-bond donors (Lipinski definition) is 2. The van der Waals surface area contributed by atoms with Crippen LogP contribution in [0.5, 0.6) is 0 Å². The first-order valence-electron chi connectivity index (χ1n) is 4.77. The quantitative estimate of drug-likeness (QED) is 0.871. The highest BCUT2D eigenvalue weighted by Crippen LogP contribution is 2.26. The minimum absolute atomic E-state index is 0.0999. The van der Waals surface area contributed by atoms with Gasteiger partial charge in [-0.2, -0.15) is 4.98 Å². The summed E-state index contributed by atoms with van der Waals surface area (Å²) in [6, 6.07) is 3.09. The number of hydrogen-bond acceptors (Lipinski definition) is 5. The van der Waals surface area contributed by atoms with Gasteiger partial charge in [-0.15, -0.1) is 0 Å². The van der Waals surface area contributed by atoms with Gasteiger partial charge in [0.1, 0.15) is 11.9 Å². The molecule has 0 aliphatic carbocycles. The molecule has 1 aromatic heterocycles. The molecule has 0 aliphatic rings. The van der Waals surface area contributed by atoms with Gasteiger partial charge in [-0.05, 0) is 18.2 Å². The van der Waals surface area contributed by atoms with Crippen LogP contribution in [0.3, 0.4) is 0 Å². The minimum atomic E-state index is -0.740. The Labute approximate surface area is 101 Å². The lowest BCUT2D eigenvalue weighted by molar-refractivity contribution is 0.237. The largest absolute Gasteiger partial charge is 0.394 e. The van der Waals surface area contributed by atoms with Crippen LogP contribution >= 0.6 is 11.6 Å². The summed E-state index contributed by atoms with van der Waals surface area (Å²) in [4.78, 5) is 3.97. The summed E-state index contributed by atoms with van der Waals surface area (Å²) in [5.41, 5.74) is 5.95. The van der Waals surface area contributed by atoms with Gasteiger partial charge in [-0.3, -0.25) is 0 Å². The summed E-state index contributed by atoms with van der Waals surface area (Å²) in [5, 5.41) is 12.7. The van der Waals surface area contributed by atoms with Crippen molar-refractivity contribution in [2.75, 3.05) is 6.61 Å². The van der Waals surface area contributed by atoms with Crippen molar-refractivity contribution in [1.82, 2.24) is 10.1 Å². The van der Waals surface area contributed by atoms with Crippen LogP contribution in [0.1, 0.15) is 11.9 Å². The average Bonchev–Trinajstić information content (AvgIpc) is 2.77. The van der Waals surface area contributed by atoms with Crippen molar-refractivity contribution in [3.63, 3.8) is 0 Å². The zero-order chi connectivity index (χ0) is 12.4. The Morgan fingerprint density at radius 3 is 2.94 bits per heavy atom. The number of nitrogens with two attached hydrogens (primary N) is 1. The number of aliphatic hydroxyl groups excluding tert-OH is 1. The van der Waals surface area contributed by atoms with Crippen LogP contribution in [-0.2, 0) is 0 Å². The molecule has 3 N–H and O–H groups in total. The van der Waals surface area contributed by atoms with Gasteiger partial charge in [-0.1, -0.05) is 16.8 Å². The van der Waals surface area contributed by atoms with Gasteiger partial charge in [0, 0.05) is 5.56 Å². The Bertz CT molecular complexity index is 532. The highest BCUT2D eigenvalue weighted by molar-refractivity contribution is 6.33. The smallest absolute Gasteiger partial charge is 0.246 e. The molecular weight excluding hydrogens is 249 g/mol. The van der Waals surface area contributed by atoms with Gasteiger partial charge in [0.05, 0.1) is 11.6 Å². The van der Waals surface area contributed by atoms with Gasteiger partial charge in [0.15, 0.2) is 0 Å². The van der Waals surface area contributed by atoms with Crippen LogP contribution in [0.4, 0.5) is 4.39 Å². The Morgan fingerprint density at radius 2 is 2.29 bits per heavy atom. The molecule has 0 saturated carbocycles. The Kier molecular flexibility index (Phi) is 3.37. The van der Waals surface area contributed by atoms with Crippen molar-refractivity contribution in [3.05, 3.63) is 34.9 Å². The van der Waals surface area contributed by atoms with E-state index in [-0.39, 0.29) is 23.3 Å². The predicted molar refractivity (Wildman–Crippen MR) is 58.7 cm³/mol. The fourth-order valence-corrected chi connectivity index (χ4v) is 1.50. The van der Waals surface area contributed by atoms with Crippen LogP contribution in [0.2, 0.25) is 5.02 Å². The van der Waals surface area contributed by atoms with Crippen molar-refractivity contribution < 1.29 is 14.0 Å². The maximum Gasteiger partial charge on any atom is 0.246 e. The van der Waals surface area contributed by atoms with Crippen LogP contribution in [0.15, 0.2) is 22.7 Å². The van der Waals surface area contributed by atoms with Crippen molar-refractivity contribution >= 4 is 11.6 Å². The summed E-state index contributed by atoms with van der Waals surface area (Å²) in [6.07, 6.45) is 0. The normalized spacial score (nSPS) is 12.7. The van der Waals surface area contributed by atoms with E-state index in [4.69, 9.17) is 27.0 Å². The number of rotatable bonds is 3. The van der Waals surface area contributed by atoms with Crippen LogP contribution < -0.4 is 5.73 Å². The second-order valence-electron chi connectivity index (χ2n) is 3.37. The standard InChI is InChI=1S/C10H9ClFN3O2/c11-7-3-5(12)1-2-6(7)9-14-10(17-15-9)8(13)4-16/h1-3,8,16H,4,13H2/t8-/m0/s1. The summed E-state index contributed by atoms with van der Waals surface area (Å²) >= 11 is 5.84. The molecule has 2 rings (SSSR count). The molecule has 7 heteroatoms. The summed E-state index contributed by atoms with van der Waals surface area (Å²) in [7, 11) is 0. The number of aliphatic hydroxyl groups is 1. The highest BCUT2D eigenvalue weighted by atomic mass is 35.5. The topological polar surface area (TPSA) is 85.2 Å². The molecule has 1 atom stereocenters. The summed E-state index contributed by atoms with van der Waals surface area (Å²) in [5.74, 6) is -0.147.